The average Bonchev–Trinajstić information content (AvgIpc) is 2.67. The maximum Gasteiger partial charge on any atom is 0.161 e. The highest BCUT2D eigenvalue weighted by Crippen LogP contribution is 2.49. The van der Waals surface area contributed by atoms with Crippen LogP contribution in [0.5, 0.6) is 11.5 Å². The van der Waals surface area contributed by atoms with Crippen molar-refractivity contribution in [3.05, 3.63) is 46.3 Å². The van der Waals surface area contributed by atoms with Crippen LogP contribution in [0, 0.1) is 0 Å². The molecular formula is C22H25NO4. The molecule has 4 rings (SSSR count). The van der Waals surface area contributed by atoms with Crippen LogP contribution in [0.4, 0.5) is 0 Å². The number of allylic oxidation sites excluding steroid dienone is 4. The van der Waals surface area contributed by atoms with E-state index in [0.29, 0.717) is 18.6 Å². The van der Waals surface area contributed by atoms with Crippen LogP contribution in [0.25, 0.3) is 0 Å². The predicted octanol–water partition coefficient (Wildman–Crippen LogP) is 3.83. The lowest BCUT2D eigenvalue weighted by Gasteiger charge is -2.43. The molecule has 27 heavy (non-hydrogen) atoms. The first kappa shape index (κ1) is 17.8. The summed E-state index contributed by atoms with van der Waals surface area (Å²) in [6, 6.07) is 5.16. The number of ketones is 2. The van der Waals surface area contributed by atoms with Gasteiger partial charge in [0, 0.05) is 47.8 Å². The Morgan fingerprint density at radius 3 is 2.15 bits per heavy atom. The lowest BCUT2D eigenvalue weighted by atomic mass is 9.71. The zero-order valence-corrected chi connectivity index (χ0v) is 15.9. The molecule has 1 aromatic carbocycles. The van der Waals surface area contributed by atoms with E-state index in [-0.39, 0.29) is 23.2 Å². The molecule has 1 aliphatic heterocycles. The lowest BCUT2D eigenvalue weighted by Crippen LogP contribution is -2.39. The second kappa shape index (κ2) is 6.87. The minimum Gasteiger partial charge on any atom is -0.504 e. The van der Waals surface area contributed by atoms with Crippen LogP contribution in [0.2, 0.25) is 0 Å². The standard InChI is InChI=1S/C22H25NO4/c1-3-23-14-6-4-8-17(25)21(14)20(22-15(23)7-5-9-18(22)26)13-10-11-16(24)19(12-13)27-2/h10-12,20,24H,3-9H2,1-2H3. The molecule has 0 atom stereocenters. The third-order valence-corrected chi connectivity index (χ3v) is 5.94. The number of hydrogen-bond donors (Lipinski definition) is 1. The highest BCUT2D eigenvalue weighted by molar-refractivity contribution is 6.06. The van der Waals surface area contributed by atoms with Crippen LogP contribution in [0.1, 0.15) is 56.9 Å². The molecule has 0 radical (unpaired) electrons. The van der Waals surface area contributed by atoms with Crippen molar-refractivity contribution in [2.24, 2.45) is 0 Å². The Bertz CT molecular complexity index is 836. The number of phenols is 1. The van der Waals surface area contributed by atoms with E-state index in [4.69, 9.17) is 4.74 Å². The number of nitrogens with zero attached hydrogens (tertiary/aromatic N) is 1. The molecule has 1 heterocycles. The Kier molecular flexibility index (Phi) is 4.54. The van der Waals surface area contributed by atoms with E-state index in [1.807, 2.05) is 6.07 Å². The van der Waals surface area contributed by atoms with Gasteiger partial charge in [-0.3, -0.25) is 9.59 Å². The van der Waals surface area contributed by atoms with Crippen molar-refractivity contribution in [3.8, 4) is 11.5 Å². The van der Waals surface area contributed by atoms with E-state index in [9.17, 15) is 14.7 Å². The van der Waals surface area contributed by atoms with Gasteiger partial charge in [0.05, 0.1) is 7.11 Å². The number of phenolic OH excluding ortho intramolecular Hbond substituents is 1. The highest BCUT2D eigenvalue weighted by Gasteiger charge is 2.42. The van der Waals surface area contributed by atoms with E-state index in [0.717, 1.165) is 60.3 Å². The summed E-state index contributed by atoms with van der Waals surface area (Å²) < 4.78 is 5.28. The maximum absolute atomic E-state index is 13.0. The minimum atomic E-state index is -0.354. The van der Waals surface area contributed by atoms with Crippen LogP contribution in [-0.2, 0) is 9.59 Å². The molecule has 3 aliphatic rings. The molecular weight excluding hydrogens is 342 g/mol. The molecule has 0 aromatic heterocycles. The Morgan fingerprint density at radius 2 is 1.63 bits per heavy atom. The zero-order chi connectivity index (χ0) is 19.1. The first-order chi connectivity index (χ1) is 13.1. The van der Waals surface area contributed by atoms with Crippen molar-refractivity contribution < 1.29 is 19.4 Å². The lowest BCUT2D eigenvalue weighted by molar-refractivity contribution is -0.117. The summed E-state index contributed by atoms with van der Waals surface area (Å²) in [5, 5.41) is 9.99. The molecule has 142 valence electrons. The van der Waals surface area contributed by atoms with Crippen molar-refractivity contribution in [1.29, 1.82) is 0 Å². The van der Waals surface area contributed by atoms with Crippen molar-refractivity contribution in [1.82, 2.24) is 4.90 Å². The molecule has 2 aliphatic carbocycles. The monoisotopic (exact) mass is 367 g/mol. The minimum absolute atomic E-state index is 0.0561. The number of methoxy groups -OCH3 is 1. The normalized spacial score (nSPS) is 20.7. The van der Waals surface area contributed by atoms with Crippen LogP contribution in [0.3, 0.4) is 0 Å². The van der Waals surface area contributed by atoms with Gasteiger partial charge in [0.25, 0.3) is 0 Å². The number of Topliss-reactive ketones (excluding diaryl/α,β-unsaturated/α-hetero) is 2. The van der Waals surface area contributed by atoms with Crippen molar-refractivity contribution in [3.63, 3.8) is 0 Å². The van der Waals surface area contributed by atoms with Gasteiger partial charge in [-0.25, -0.2) is 0 Å². The van der Waals surface area contributed by atoms with Gasteiger partial charge in [-0.15, -0.1) is 0 Å². The summed E-state index contributed by atoms with van der Waals surface area (Å²) in [5.41, 5.74) is 4.54. The third kappa shape index (κ3) is 2.76. The Hall–Kier alpha value is -2.56. The number of ether oxygens (including phenoxy) is 1. The predicted molar refractivity (Wildman–Crippen MR) is 102 cm³/mol. The second-order valence-corrected chi connectivity index (χ2v) is 7.38. The molecule has 1 aromatic rings. The average molecular weight is 367 g/mol. The number of aromatic hydroxyl groups is 1. The summed E-state index contributed by atoms with van der Waals surface area (Å²) in [6.45, 7) is 2.85. The molecule has 0 saturated heterocycles. The first-order valence-corrected chi connectivity index (χ1v) is 9.73. The van der Waals surface area contributed by atoms with Crippen LogP contribution >= 0.6 is 0 Å². The summed E-state index contributed by atoms with van der Waals surface area (Å²) in [7, 11) is 1.51. The summed E-state index contributed by atoms with van der Waals surface area (Å²) in [6.07, 6.45) is 4.50. The fraction of sp³-hybridized carbons (Fsp3) is 0.455. The highest BCUT2D eigenvalue weighted by atomic mass is 16.5. The quantitative estimate of drug-likeness (QED) is 0.879. The van der Waals surface area contributed by atoms with Crippen LogP contribution < -0.4 is 4.74 Å². The number of carbonyl (C=O) groups excluding carboxylic acids is 2. The Labute approximate surface area is 159 Å². The summed E-state index contributed by atoms with van der Waals surface area (Å²) in [5.74, 6) is 0.336. The summed E-state index contributed by atoms with van der Waals surface area (Å²) in [4.78, 5) is 28.2. The SMILES string of the molecule is CCN1C2=C(C(=O)CCC2)C(c2ccc(O)c(OC)c2)C2=C1CCCC2=O. The number of benzene rings is 1. The molecule has 5 nitrogen and oxygen atoms in total. The van der Waals surface area contributed by atoms with E-state index < -0.39 is 0 Å². The fourth-order valence-corrected chi connectivity index (χ4v) is 4.81. The first-order valence-electron chi connectivity index (χ1n) is 9.73. The van der Waals surface area contributed by atoms with E-state index in [1.165, 1.54) is 7.11 Å². The maximum atomic E-state index is 13.0. The van der Waals surface area contributed by atoms with E-state index in [2.05, 4.69) is 11.8 Å². The number of hydrogen-bond acceptors (Lipinski definition) is 5. The van der Waals surface area contributed by atoms with Crippen molar-refractivity contribution in [2.75, 3.05) is 13.7 Å². The molecule has 0 bridgehead atoms. The molecule has 0 spiro atoms. The van der Waals surface area contributed by atoms with Gasteiger partial charge >= 0.3 is 0 Å². The largest absolute Gasteiger partial charge is 0.504 e. The van der Waals surface area contributed by atoms with E-state index in [1.54, 1.807) is 12.1 Å². The Morgan fingerprint density at radius 1 is 1.04 bits per heavy atom. The number of carbonyl (C=O) groups is 2. The molecule has 1 N–H and O–H groups in total. The second-order valence-electron chi connectivity index (χ2n) is 7.38. The number of rotatable bonds is 3. The Balaban J connectivity index is 1.96. The van der Waals surface area contributed by atoms with Gasteiger partial charge in [0.1, 0.15) is 0 Å². The third-order valence-electron chi connectivity index (χ3n) is 5.94. The van der Waals surface area contributed by atoms with Crippen molar-refractivity contribution >= 4 is 11.6 Å². The van der Waals surface area contributed by atoms with Gasteiger partial charge in [-0.05, 0) is 50.3 Å². The van der Waals surface area contributed by atoms with Gasteiger partial charge in [0.15, 0.2) is 23.1 Å². The van der Waals surface area contributed by atoms with Crippen LogP contribution in [-0.4, -0.2) is 35.2 Å². The topological polar surface area (TPSA) is 66.8 Å². The smallest absolute Gasteiger partial charge is 0.161 e. The molecule has 0 amide bonds. The van der Waals surface area contributed by atoms with Gasteiger partial charge < -0.3 is 14.7 Å². The van der Waals surface area contributed by atoms with Gasteiger partial charge in [-0.2, -0.15) is 0 Å². The summed E-state index contributed by atoms with van der Waals surface area (Å²) >= 11 is 0. The van der Waals surface area contributed by atoms with E-state index >= 15 is 0 Å². The van der Waals surface area contributed by atoms with Gasteiger partial charge in [0.2, 0.25) is 0 Å². The fourth-order valence-electron chi connectivity index (χ4n) is 4.81. The van der Waals surface area contributed by atoms with Crippen molar-refractivity contribution in [2.45, 2.75) is 51.4 Å². The van der Waals surface area contributed by atoms with Crippen LogP contribution in [0.15, 0.2) is 40.7 Å². The molecule has 0 unspecified atom stereocenters. The molecule has 0 fully saturated rings. The molecule has 0 saturated carbocycles. The van der Waals surface area contributed by atoms with Gasteiger partial charge in [-0.1, -0.05) is 6.07 Å². The molecule has 5 heteroatoms. The zero-order valence-electron chi connectivity index (χ0n) is 15.9.